The number of fused-ring (bicyclic) bond motifs is 1. The van der Waals surface area contributed by atoms with Crippen LogP contribution in [0.3, 0.4) is 0 Å². The first-order valence-corrected chi connectivity index (χ1v) is 6.14. The van der Waals surface area contributed by atoms with Gasteiger partial charge in [0.2, 0.25) is 0 Å². The van der Waals surface area contributed by atoms with Gasteiger partial charge in [0.05, 0.1) is 5.69 Å². The summed E-state index contributed by atoms with van der Waals surface area (Å²) in [6, 6.07) is 1.92. The first-order chi connectivity index (χ1) is 7.83. The Morgan fingerprint density at radius 2 is 2.31 bits per heavy atom. The topological polar surface area (TPSA) is 50.7 Å². The van der Waals surface area contributed by atoms with Crippen molar-refractivity contribution in [1.82, 2.24) is 20.3 Å². The number of hydrogen-bond donors (Lipinski definition) is 1. The van der Waals surface area contributed by atoms with Crippen LogP contribution in [0.25, 0.3) is 10.7 Å². The van der Waals surface area contributed by atoms with Crippen LogP contribution >= 0.6 is 11.3 Å². The lowest BCUT2D eigenvalue weighted by atomic mass is 10.2. The zero-order valence-corrected chi connectivity index (χ0v) is 9.84. The first kappa shape index (κ1) is 9.86. The molecule has 0 saturated carbocycles. The molecule has 0 amide bonds. The Kier molecular flexibility index (Phi) is 2.41. The van der Waals surface area contributed by atoms with Crippen LogP contribution < -0.4 is 5.32 Å². The summed E-state index contributed by atoms with van der Waals surface area (Å²) in [5, 5.41) is 4.37. The van der Waals surface area contributed by atoms with E-state index in [0.29, 0.717) is 0 Å². The molecule has 4 nitrogen and oxygen atoms in total. The Morgan fingerprint density at radius 3 is 3.12 bits per heavy atom. The van der Waals surface area contributed by atoms with Crippen molar-refractivity contribution in [2.75, 3.05) is 6.54 Å². The van der Waals surface area contributed by atoms with Crippen LogP contribution in [-0.2, 0) is 13.0 Å². The van der Waals surface area contributed by atoms with E-state index < -0.39 is 0 Å². The van der Waals surface area contributed by atoms with Crippen LogP contribution in [0, 0.1) is 6.92 Å². The third kappa shape index (κ3) is 1.72. The molecule has 2 aromatic heterocycles. The molecule has 1 aliphatic heterocycles. The molecule has 0 aliphatic carbocycles. The zero-order valence-electron chi connectivity index (χ0n) is 9.03. The minimum Gasteiger partial charge on any atom is -0.311 e. The van der Waals surface area contributed by atoms with E-state index in [2.05, 4.69) is 20.3 Å². The predicted molar refractivity (Wildman–Crippen MR) is 63.3 cm³/mol. The summed E-state index contributed by atoms with van der Waals surface area (Å²) in [6.07, 6.45) is 2.81. The van der Waals surface area contributed by atoms with Gasteiger partial charge in [0.1, 0.15) is 16.5 Å². The lowest BCUT2D eigenvalue weighted by Gasteiger charge is -2.09. The van der Waals surface area contributed by atoms with Gasteiger partial charge in [-0.2, -0.15) is 0 Å². The average Bonchev–Trinajstić information content (AvgIpc) is 2.72. The number of nitrogens with zero attached hydrogens (tertiary/aromatic N) is 3. The Morgan fingerprint density at radius 1 is 1.38 bits per heavy atom. The van der Waals surface area contributed by atoms with E-state index in [1.807, 2.05) is 13.0 Å². The van der Waals surface area contributed by atoms with Crippen LogP contribution in [0.4, 0.5) is 0 Å². The summed E-state index contributed by atoms with van der Waals surface area (Å²) >= 11 is 1.73. The van der Waals surface area contributed by atoms with E-state index in [4.69, 9.17) is 0 Å². The van der Waals surface area contributed by atoms with Gasteiger partial charge >= 0.3 is 0 Å². The third-order valence-corrected chi connectivity index (χ3v) is 3.72. The highest BCUT2D eigenvalue weighted by Gasteiger charge is 2.16. The molecule has 0 aromatic carbocycles. The van der Waals surface area contributed by atoms with Gasteiger partial charge in [0, 0.05) is 30.6 Å². The van der Waals surface area contributed by atoms with Crippen LogP contribution in [0.2, 0.25) is 0 Å². The smallest absolute Gasteiger partial charge is 0.142 e. The molecule has 5 heteroatoms. The summed E-state index contributed by atoms with van der Waals surface area (Å²) < 4.78 is 0. The zero-order chi connectivity index (χ0) is 11.0. The average molecular weight is 232 g/mol. The first-order valence-electron chi connectivity index (χ1n) is 5.32. The Labute approximate surface area is 97.8 Å². The van der Waals surface area contributed by atoms with E-state index >= 15 is 0 Å². The Balaban J connectivity index is 2.03. The molecule has 0 atom stereocenters. The van der Waals surface area contributed by atoms with E-state index in [0.717, 1.165) is 36.0 Å². The normalized spacial score (nSPS) is 14.8. The number of aromatic nitrogens is 3. The molecule has 0 unspecified atom stereocenters. The van der Waals surface area contributed by atoms with Crippen molar-refractivity contribution >= 4 is 11.3 Å². The fourth-order valence-electron chi connectivity index (χ4n) is 1.81. The van der Waals surface area contributed by atoms with Crippen molar-refractivity contribution in [3.8, 4) is 10.7 Å². The molecule has 2 aromatic rings. The van der Waals surface area contributed by atoms with Gasteiger partial charge in [0.25, 0.3) is 0 Å². The Bertz CT molecular complexity index is 497. The molecule has 3 heterocycles. The molecule has 1 N–H and O–H groups in total. The second-order valence-corrected chi connectivity index (χ2v) is 4.89. The molecular formula is C11H12N4S. The van der Waals surface area contributed by atoms with E-state index in [9.17, 15) is 0 Å². The molecule has 0 fully saturated rings. The molecule has 1 aliphatic rings. The molecule has 3 rings (SSSR count). The third-order valence-electron chi connectivity index (χ3n) is 2.60. The second-order valence-electron chi connectivity index (χ2n) is 3.80. The van der Waals surface area contributed by atoms with E-state index in [1.54, 1.807) is 17.5 Å². The van der Waals surface area contributed by atoms with Crippen LogP contribution in [0.15, 0.2) is 12.3 Å². The van der Waals surface area contributed by atoms with Crippen LogP contribution in [0.5, 0.6) is 0 Å². The number of nitrogens with one attached hydrogen (secondary N) is 1. The van der Waals surface area contributed by atoms with Gasteiger partial charge in [0.15, 0.2) is 0 Å². The fourth-order valence-corrected chi connectivity index (χ4v) is 2.86. The van der Waals surface area contributed by atoms with Gasteiger partial charge in [-0.3, -0.25) is 0 Å². The van der Waals surface area contributed by atoms with Crippen molar-refractivity contribution in [3.05, 3.63) is 28.7 Å². The van der Waals surface area contributed by atoms with Gasteiger partial charge in [-0.15, -0.1) is 11.3 Å². The lowest BCUT2D eigenvalue weighted by molar-refractivity contribution is 0.644. The quantitative estimate of drug-likeness (QED) is 0.810. The molecule has 0 saturated heterocycles. The van der Waals surface area contributed by atoms with Gasteiger partial charge in [-0.1, -0.05) is 0 Å². The second kappa shape index (κ2) is 3.92. The highest BCUT2D eigenvalue weighted by molar-refractivity contribution is 7.15. The van der Waals surface area contributed by atoms with Gasteiger partial charge < -0.3 is 5.32 Å². The van der Waals surface area contributed by atoms with Crippen molar-refractivity contribution in [3.63, 3.8) is 0 Å². The molecule has 82 valence electrons. The summed E-state index contributed by atoms with van der Waals surface area (Å²) in [5.41, 5.74) is 2.17. The van der Waals surface area contributed by atoms with Crippen LogP contribution in [0.1, 0.15) is 16.4 Å². The van der Waals surface area contributed by atoms with Crippen molar-refractivity contribution in [2.45, 2.75) is 19.9 Å². The molecule has 16 heavy (non-hydrogen) atoms. The largest absolute Gasteiger partial charge is 0.311 e. The monoisotopic (exact) mass is 232 g/mol. The van der Waals surface area contributed by atoms with Crippen molar-refractivity contribution in [2.24, 2.45) is 0 Å². The molecular weight excluding hydrogens is 220 g/mol. The number of rotatable bonds is 1. The summed E-state index contributed by atoms with van der Waals surface area (Å²) in [7, 11) is 0. The molecule has 0 bridgehead atoms. The van der Waals surface area contributed by atoms with E-state index in [1.165, 1.54) is 10.6 Å². The Hall–Kier alpha value is -1.33. The minimum atomic E-state index is 0.795. The van der Waals surface area contributed by atoms with Gasteiger partial charge in [-0.25, -0.2) is 15.0 Å². The molecule has 0 radical (unpaired) electrons. The number of thiazole rings is 1. The SMILES string of the molecule is Cc1nccc(-c2nc3c(s2)CNCC3)n1. The molecule has 0 spiro atoms. The maximum Gasteiger partial charge on any atom is 0.142 e. The standard InChI is InChI=1S/C11H12N4S/c1-7-13-5-3-9(14-7)11-15-8-2-4-12-6-10(8)16-11/h3,5,12H,2,4,6H2,1H3. The highest BCUT2D eigenvalue weighted by atomic mass is 32.1. The summed E-state index contributed by atoms with van der Waals surface area (Å²) in [6.45, 7) is 3.87. The van der Waals surface area contributed by atoms with Gasteiger partial charge in [-0.05, 0) is 13.0 Å². The van der Waals surface area contributed by atoms with E-state index in [-0.39, 0.29) is 0 Å². The maximum atomic E-state index is 4.65. The predicted octanol–water partition coefficient (Wildman–Crippen LogP) is 1.55. The maximum absolute atomic E-state index is 4.65. The number of aryl methyl sites for hydroxylation is 1. The van der Waals surface area contributed by atoms with Crippen LogP contribution in [-0.4, -0.2) is 21.5 Å². The lowest BCUT2D eigenvalue weighted by Crippen LogP contribution is -2.22. The van der Waals surface area contributed by atoms with Crippen molar-refractivity contribution < 1.29 is 0 Å². The highest BCUT2D eigenvalue weighted by Crippen LogP contribution is 2.28. The summed E-state index contributed by atoms with van der Waals surface area (Å²) in [4.78, 5) is 14.5. The number of hydrogen-bond acceptors (Lipinski definition) is 5. The summed E-state index contributed by atoms with van der Waals surface area (Å²) in [5.74, 6) is 0.795. The van der Waals surface area contributed by atoms with Crippen molar-refractivity contribution in [1.29, 1.82) is 0 Å². The minimum absolute atomic E-state index is 0.795. The fraction of sp³-hybridized carbons (Fsp3) is 0.364.